The molecule has 1 radical (unpaired) electrons. The summed E-state index contributed by atoms with van der Waals surface area (Å²) < 4.78 is 24.6. The second kappa shape index (κ2) is 6.56. The van der Waals surface area contributed by atoms with E-state index in [1.165, 1.54) is 36.4 Å². The highest BCUT2D eigenvalue weighted by Gasteiger charge is 2.24. The van der Waals surface area contributed by atoms with Crippen LogP contribution in [-0.4, -0.2) is 9.85 Å². The van der Waals surface area contributed by atoms with Crippen LogP contribution in [0.15, 0.2) is 48.5 Å². The van der Waals surface area contributed by atoms with Crippen molar-refractivity contribution in [3.05, 3.63) is 68.8 Å². The smallest absolute Gasteiger partial charge is 0.284 e. The van der Waals surface area contributed by atoms with Gasteiger partial charge in [0.25, 0.3) is 11.4 Å². The van der Waals surface area contributed by atoms with Crippen LogP contribution >= 0.6 is 15.0 Å². The highest BCUT2D eigenvalue weighted by atomic mass is 32.1. The molecule has 0 aliphatic heterocycles. The molecule has 2 atom stereocenters. The Kier molecular flexibility index (Phi) is 4.75. The summed E-state index contributed by atoms with van der Waals surface area (Å²) in [6.07, 6.45) is 0. The van der Waals surface area contributed by atoms with E-state index < -0.39 is 24.8 Å². The fourth-order valence-corrected chi connectivity index (χ4v) is 5.61. The first kappa shape index (κ1) is 15.9. The number of non-ortho nitro benzene ring substituents is 1. The minimum absolute atomic E-state index is 0.0928. The third-order valence-corrected chi connectivity index (χ3v) is 7.42. The quantitative estimate of drug-likeness (QED) is 0.469. The Morgan fingerprint density at radius 3 is 2.05 bits per heavy atom. The molecule has 0 heterocycles. The first-order valence-corrected chi connectivity index (χ1v) is 9.42. The first-order chi connectivity index (χ1) is 10.4. The summed E-state index contributed by atoms with van der Waals surface area (Å²) in [6, 6.07) is 10.2. The Morgan fingerprint density at radius 1 is 0.909 bits per heavy atom. The van der Waals surface area contributed by atoms with E-state index in [4.69, 9.17) is 0 Å². The molecule has 0 spiro atoms. The van der Waals surface area contributed by atoms with Crippen LogP contribution in [0.3, 0.4) is 0 Å². The third-order valence-electron chi connectivity index (χ3n) is 2.81. The Bertz CT molecular complexity index is 790. The third kappa shape index (κ3) is 3.24. The fraction of sp³-hybridized carbons (Fsp3) is 0. The molecule has 22 heavy (non-hydrogen) atoms. The summed E-state index contributed by atoms with van der Waals surface area (Å²) in [6.45, 7) is 0. The van der Waals surface area contributed by atoms with Crippen molar-refractivity contribution in [1.82, 2.24) is 0 Å². The van der Waals surface area contributed by atoms with Gasteiger partial charge in [-0.3, -0.25) is 24.8 Å². The van der Waals surface area contributed by atoms with Crippen LogP contribution in [0, 0.1) is 20.2 Å². The molecule has 0 saturated carbocycles. The van der Waals surface area contributed by atoms with Gasteiger partial charge in [-0.15, -0.1) is 0 Å². The van der Waals surface area contributed by atoms with Crippen LogP contribution < -0.4 is 10.6 Å². The predicted molar refractivity (Wildman–Crippen MR) is 82.1 cm³/mol. The maximum atomic E-state index is 12.3. The van der Waals surface area contributed by atoms with E-state index >= 15 is 0 Å². The van der Waals surface area contributed by atoms with Crippen molar-refractivity contribution < 1.29 is 19.0 Å². The maximum Gasteiger partial charge on any atom is 0.284 e. The van der Waals surface area contributed by atoms with E-state index in [2.05, 4.69) is 0 Å². The van der Waals surface area contributed by atoms with Crippen molar-refractivity contribution >= 4 is 37.0 Å². The molecule has 0 aliphatic carbocycles. The van der Waals surface area contributed by atoms with Crippen LogP contribution in [0.4, 0.5) is 11.4 Å². The van der Waals surface area contributed by atoms with Gasteiger partial charge in [-0.25, -0.2) is 0 Å². The molecule has 2 unspecified atom stereocenters. The Balaban J connectivity index is 2.35. The van der Waals surface area contributed by atoms with Gasteiger partial charge in [0, 0.05) is 23.5 Å². The highest BCUT2D eigenvalue weighted by molar-refractivity contribution is 8.24. The SMILES string of the molecule is O=[N+]([O-])c1ccc([PH](=O)[P](=O)c2ccccc2[N+](=O)[O-])cc1. The number of nitrogens with zero attached hydrogens (tertiary/aromatic N) is 2. The van der Waals surface area contributed by atoms with E-state index in [1.807, 2.05) is 0 Å². The molecule has 0 fully saturated rings. The molecule has 0 bridgehead atoms. The molecule has 10 heteroatoms. The van der Waals surface area contributed by atoms with Crippen molar-refractivity contribution in [2.24, 2.45) is 0 Å². The van der Waals surface area contributed by atoms with Crippen LogP contribution in [0.5, 0.6) is 0 Å². The number of nitro groups is 2. The standard InChI is InChI=1S/C12H9N2O6P2/c15-13(16)9-5-7-10(8-6-9)21(19)22(20)12-4-2-1-3-11(12)14(17)18/h1-8,21H. The van der Waals surface area contributed by atoms with Crippen LogP contribution in [-0.2, 0) is 9.13 Å². The molecule has 0 amide bonds. The second-order valence-corrected chi connectivity index (χ2v) is 8.84. The van der Waals surface area contributed by atoms with Gasteiger partial charge >= 0.3 is 0 Å². The Morgan fingerprint density at radius 2 is 1.50 bits per heavy atom. The van der Waals surface area contributed by atoms with Crippen molar-refractivity contribution in [3.8, 4) is 0 Å². The lowest BCUT2D eigenvalue weighted by Crippen LogP contribution is -2.05. The monoisotopic (exact) mass is 339 g/mol. The zero-order chi connectivity index (χ0) is 16.3. The van der Waals surface area contributed by atoms with Crippen LogP contribution in [0.25, 0.3) is 0 Å². The summed E-state index contributed by atoms with van der Waals surface area (Å²) >= 11 is 0. The summed E-state index contributed by atoms with van der Waals surface area (Å²) in [5.41, 5.74) is -0.539. The van der Waals surface area contributed by atoms with Gasteiger partial charge in [-0.1, -0.05) is 12.1 Å². The summed E-state index contributed by atoms with van der Waals surface area (Å²) in [5, 5.41) is 21.6. The van der Waals surface area contributed by atoms with Gasteiger partial charge in [0.1, 0.15) is 5.30 Å². The summed E-state index contributed by atoms with van der Waals surface area (Å²) in [4.78, 5) is 20.2. The molecular formula is C12H9N2O6P2. The molecule has 0 aromatic heterocycles. The molecule has 113 valence electrons. The van der Waals surface area contributed by atoms with Crippen LogP contribution in [0.2, 0.25) is 0 Å². The van der Waals surface area contributed by atoms with E-state index in [0.717, 1.165) is 12.1 Å². The lowest BCUT2D eigenvalue weighted by atomic mass is 10.3. The van der Waals surface area contributed by atoms with E-state index in [9.17, 15) is 29.4 Å². The molecule has 0 N–H and O–H groups in total. The van der Waals surface area contributed by atoms with Crippen molar-refractivity contribution in [2.45, 2.75) is 0 Å². The van der Waals surface area contributed by atoms with Gasteiger partial charge in [-0.05, 0) is 18.2 Å². The topological polar surface area (TPSA) is 120 Å². The average molecular weight is 339 g/mol. The van der Waals surface area contributed by atoms with E-state index in [0.29, 0.717) is 0 Å². The van der Waals surface area contributed by atoms with Gasteiger partial charge in [0.05, 0.1) is 9.85 Å². The number of rotatable bonds is 5. The zero-order valence-corrected chi connectivity index (χ0v) is 12.8. The van der Waals surface area contributed by atoms with E-state index in [1.54, 1.807) is 0 Å². The Labute approximate surface area is 125 Å². The number of nitro benzene ring substituents is 2. The molecule has 2 aromatic rings. The van der Waals surface area contributed by atoms with Crippen molar-refractivity contribution in [2.75, 3.05) is 0 Å². The van der Waals surface area contributed by atoms with Crippen molar-refractivity contribution in [1.29, 1.82) is 0 Å². The summed E-state index contributed by atoms with van der Waals surface area (Å²) in [7, 11) is -5.37. The molecule has 0 saturated heterocycles. The zero-order valence-electron chi connectivity index (χ0n) is 10.9. The van der Waals surface area contributed by atoms with E-state index in [-0.39, 0.29) is 22.0 Å². The molecule has 2 aromatic carbocycles. The fourth-order valence-electron chi connectivity index (χ4n) is 1.74. The van der Waals surface area contributed by atoms with Crippen molar-refractivity contribution in [3.63, 3.8) is 0 Å². The van der Waals surface area contributed by atoms with Gasteiger partial charge in [0.2, 0.25) is 0 Å². The van der Waals surface area contributed by atoms with Gasteiger partial charge < -0.3 is 4.57 Å². The highest BCUT2D eigenvalue weighted by Crippen LogP contribution is 2.50. The number of hydrogen-bond acceptors (Lipinski definition) is 6. The lowest BCUT2D eigenvalue weighted by Gasteiger charge is -2.03. The molecular weight excluding hydrogens is 330 g/mol. The predicted octanol–water partition coefficient (Wildman–Crippen LogP) is 2.76. The summed E-state index contributed by atoms with van der Waals surface area (Å²) in [5.74, 6) is 0. The minimum Gasteiger partial charge on any atom is -0.310 e. The number of hydrogen-bond donors (Lipinski definition) is 0. The van der Waals surface area contributed by atoms with Gasteiger partial charge in [0.15, 0.2) is 15.0 Å². The second-order valence-electron chi connectivity index (χ2n) is 4.15. The molecule has 8 nitrogen and oxygen atoms in total. The maximum absolute atomic E-state index is 12.3. The molecule has 0 aliphatic rings. The Hall–Kier alpha value is -2.43. The molecule has 2 rings (SSSR count). The van der Waals surface area contributed by atoms with Crippen LogP contribution in [0.1, 0.15) is 0 Å². The largest absolute Gasteiger partial charge is 0.310 e. The number of benzene rings is 2. The lowest BCUT2D eigenvalue weighted by molar-refractivity contribution is -0.384. The normalized spacial score (nSPS) is 12.5. The first-order valence-electron chi connectivity index (χ1n) is 5.91. The average Bonchev–Trinajstić information content (AvgIpc) is 2.53. The number of para-hydroxylation sites is 1. The minimum atomic E-state index is -2.86. The van der Waals surface area contributed by atoms with Gasteiger partial charge in [-0.2, -0.15) is 0 Å².